The summed E-state index contributed by atoms with van der Waals surface area (Å²) in [5.74, 6) is -0.887. The maximum Gasteiger partial charge on any atom is 0.416 e. The van der Waals surface area contributed by atoms with E-state index in [0.717, 1.165) is 35.6 Å². The molecule has 2 aromatic carbocycles. The van der Waals surface area contributed by atoms with E-state index in [9.17, 15) is 17.6 Å². The zero-order chi connectivity index (χ0) is 19.2. The average Bonchev–Trinajstić information content (AvgIpc) is 3.00. The fourth-order valence-corrected chi connectivity index (χ4v) is 4.06. The molecule has 1 aliphatic rings. The summed E-state index contributed by atoms with van der Waals surface area (Å²) in [5.41, 5.74) is 2.43. The predicted octanol–water partition coefficient (Wildman–Crippen LogP) is 6.16. The van der Waals surface area contributed by atoms with Crippen LogP contribution in [0.5, 0.6) is 0 Å². The van der Waals surface area contributed by atoms with Crippen molar-refractivity contribution in [2.24, 2.45) is 0 Å². The number of halogens is 4. The van der Waals surface area contributed by atoms with Crippen LogP contribution < -0.4 is 0 Å². The van der Waals surface area contributed by atoms with Crippen LogP contribution in [0.3, 0.4) is 0 Å². The summed E-state index contributed by atoms with van der Waals surface area (Å²) in [4.78, 5) is 4.22. The van der Waals surface area contributed by atoms with Gasteiger partial charge in [-0.3, -0.25) is 4.98 Å². The van der Waals surface area contributed by atoms with E-state index in [2.05, 4.69) is 11.9 Å². The molecule has 0 saturated heterocycles. The molecule has 1 heterocycles. The highest BCUT2D eigenvalue weighted by Gasteiger charge is 2.39. The van der Waals surface area contributed by atoms with Crippen molar-refractivity contribution in [1.29, 1.82) is 0 Å². The van der Waals surface area contributed by atoms with E-state index in [-0.39, 0.29) is 11.0 Å². The number of hydrogen-bond acceptors (Lipinski definition) is 1. The van der Waals surface area contributed by atoms with Gasteiger partial charge in [0.25, 0.3) is 0 Å². The Kier molecular flexibility index (Phi) is 4.06. The summed E-state index contributed by atoms with van der Waals surface area (Å²) in [7, 11) is 0. The second-order valence-electron chi connectivity index (χ2n) is 7.11. The Morgan fingerprint density at radius 1 is 0.963 bits per heavy atom. The van der Waals surface area contributed by atoms with Crippen LogP contribution in [0.2, 0.25) is 0 Å². The van der Waals surface area contributed by atoms with Gasteiger partial charge in [0.1, 0.15) is 5.82 Å². The molecule has 1 aliphatic carbocycles. The Bertz CT molecular complexity index is 995. The first kappa shape index (κ1) is 17.7. The highest BCUT2D eigenvalue weighted by Crippen LogP contribution is 2.48. The summed E-state index contributed by atoms with van der Waals surface area (Å²) in [5, 5.41) is 0. The van der Waals surface area contributed by atoms with E-state index in [0.29, 0.717) is 11.6 Å². The molecule has 4 rings (SSSR count). The molecule has 0 radical (unpaired) electrons. The smallest absolute Gasteiger partial charge is 0.264 e. The lowest BCUT2D eigenvalue weighted by atomic mass is 9.75. The van der Waals surface area contributed by atoms with Gasteiger partial charge < -0.3 is 0 Å². The van der Waals surface area contributed by atoms with Crippen LogP contribution in [0.15, 0.2) is 60.9 Å². The second-order valence-corrected chi connectivity index (χ2v) is 7.11. The molecule has 1 unspecified atom stereocenters. The minimum Gasteiger partial charge on any atom is -0.264 e. The Balaban J connectivity index is 1.90. The van der Waals surface area contributed by atoms with Crippen molar-refractivity contribution in [2.75, 3.05) is 0 Å². The molecule has 1 aromatic heterocycles. The highest BCUT2D eigenvalue weighted by atomic mass is 19.4. The van der Waals surface area contributed by atoms with Gasteiger partial charge in [0.15, 0.2) is 0 Å². The van der Waals surface area contributed by atoms with Gasteiger partial charge in [0.2, 0.25) is 0 Å². The van der Waals surface area contributed by atoms with Crippen LogP contribution in [0.25, 0.3) is 11.1 Å². The van der Waals surface area contributed by atoms with Gasteiger partial charge in [-0.05, 0) is 41.7 Å². The lowest BCUT2D eigenvalue weighted by Crippen LogP contribution is -2.21. The van der Waals surface area contributed by atoms with E-state index < -0.39 is 17.6 Å². The number of aryl methyl sites for hydroxylation is 1. The van der Waals surface area contributed by atoms with Crippen molar-refractivity contribution >= 4 is 0 Å². The molecule has 0 aliphatic heterocycles. The summed E-state index contributed by atoms with van der Waals surface area (Å²) in [6.07, 6.45) is 0.387. The van der Waals surface area contributed by atoms with Crippen LogP contribution in [-0.2, 0) is 18.0 Å². The van der Waals surface area contributed by atoms with Crippen LogP contribution in [0, 0.1) is 5.82 Å². The van der Waals surface area contributed by atoms with E-state index in [4.69, 9.17) is 0 Å². The molecule has 0 amide bonds. The normalized spacial score (nSPS) is 19.1. The Morgan fingerprint density at radius 3 is 2.37 bits per heavy atom. The number of pyridine rings is 1. The first-order valence-electron chi connectivity index (χ1n) is 8.71. The Morgan fingerprint density at radius 2 is 1.70 bits per heavy atom. The molecule has 5 heteroatoms. The number of rotatable bonds is 2. The van der Waals surface area contributed by atoms with Gasteiger partial charge >= 0.3 is 6.18 Å². The number of aromatic nitrogens is 1. The van der Waals surface area contributed by atoms with Crippen molar-refractivity contribution in [1.82, 2.24) is 4.98 Å². The second kappa shape index (κ2) is 6.19. The predicted molar refractivity (Wildman–Crippen MR) is 95.9 cm³/mol. The molecule has 3 aromatic rings. The zero-order valence-corrected chi connectivity index (χ0v) is 14.6. The lowest BCUT2D eigenvalue weighted by Gasteiger charge is -2.28. The van der Waals surface area contributed by atoms with Gasteiger partial charge in [-0.2, -0.15) is 13.2 Å². The quantitative estimate of drug-likeness (QED) is 0.492. The largest absolute Gasteiger partial charge is 0.416 e. The van der Waals surface area contributed by atoms with E-state index in [1.54, 1.807) is 12.4 Å². The van der Waals surface area contributed by atoms with Crippen LogP contribution >= 0.6 is 0 Å². The molecule has 138 valence electrons. The summed E-state index contributed by atoms with van der Waals surface area (Å²) in [6, 6.07) is 12.6. The van der Waals surface area contributed by atoms with Crippen LogP contribution in [-0.4, -0.2) is 4.98 Å². The average molecular weight is 371 g/mol. The molecule has 0 spiro atoms. The Hall–Kier alpha value is -2.69. The van der Waals surface area contributed by atoms with Gasteiger partial charge in [-0.15, -0.1) is 0 Å². The molecule has 0 saturated carbocycles. The van der Waals surface area contributed by atoms with Gasteiger partial charge in [-0.25, -0.2) is 4.39 Å². The van der Waals surface area contributed by atoms with Gasteiger partial charge in [0.05, 0.1) is 5.56 Å². The van der Waals surface area contributed by atoms with E-state index in [1.807, 2.05) is 30.3 Å². The first-order chi connectivity index (χ1) is 12.8. The number of nitrogens with zero attached hydrogens (tertiary/aromatic N) is 1. The molecule has 1 atom stereocenters. The Labute approximate surface area is 154 Å². The van der Waals surface area contributed by atoms with Crippen LogP contribution in [0.4, 0.5) is 17.6 Å². The van der Waals surface area contributed by atoms with E-state index in [1.165, 1.54) is 6.07 Å². The summed E-state index contributed by atoms with van der Waals surface area (Å²) >= 11 is 0. The SMILES string of the molecule is CC1(c2ccccc2)CCc2cncc(-c3ccc(C(F)(F)F)cc3F)c21. The summed E-state index contributed by atoms with van der Waals surface area (Å²) in [6.45, 7) is 2.10. The van der Waals surface area contributed by atoms with Crippen molar-refractivity contribution in [3.63, 3.8) is 0 Å². The number of benzene rings is 2. The lowest BCUT2D eigenvalue weighted by molar-refractivity contribution is -0.137. The van der Waals surface area contributed by atoms with E-state index >= 15 is 0 Å². The molecule has 0 bridgehead atoms. The third-order valence-electron chi connectivity index (χ3n) is 5.47. The fourth-order valence-electron chi connectivity index (χ4n) is 4.06. The minimum atomic E-state index is -4.57. The van der Waals surface area contributed by atoms with Gasteiger partial charge in [-0.1, -0.05) is 43.3 Å². The van der Waals surface area contributed by atoms with Crippen molar-refractivity contribution in [2.45, 2.75) is 31.4 Å². The third-order valence-corrected chi connectivity index (χ3v) is 5.47. The molecular weight excluding hydrogens is 354 g/mol. The fraction of sp³-hybridized carbons (Fsp3) is 0.227. The maximum atomic E-state index is 14.7. The molecule has 0 fully saturated rings. The molecule has 0 N–H and O–H groups in total. The highest BCUT2D eigenvalue weighted by molar-refractivity contribution is 5.72. The van der Waals surface area contributed by atoms with Crippen molar-refractivity contribution < 1.29 is 17.6 Å². The van der Waals surface area contributed by atoms with Gasteiger partial charge in [0, 0.05) is 28.9 Å². The number of hydrogen-bond donors (Lipinski definition) is 0. The monoisotopic (exact) mass is 371 g/mol. The number of alkyl halides is 3. The molecule has 27 heavy (non-hydrogen) atoms. The zero-order valence-electron chi connectivity index (χ0n) is 14.6. The standard InChI is InChI=1S/C22H17F4N/c1-21(15-5-3-2-4-6-15)10-9-14-12-27-13-18(20(14)21)17-8-7-16(11-19(17)23)22(24,25)26/h2-8,11-13H,9-10H2,1H3. The van der Waals surface area contributed by atoms with Crippen molar-refractivity contribution in [3.05, 3.63) is 89.0 Å². The third kappa shape index (κ3) is 2.91. The number of fused-ring (bicyclic) bond motifs is 1. The molecule has 1 nitrogen and oxygen atoms in total. The summed E-state index contributed by atoms with van der Waals surface area (Å²) < 4.78 is 53.3. The maximum absolute atomic E-state index is 14.7. The topological polar surface area (TPSA) is 12.9 Å². The first-order valence-corrected chi connectivity index (χ1v) is 8.71. The minimum absolute atomic E-state index is 0.149. The molecular formula is C22H17F4N. The van der Waals surface area contributed by atoms with Crippen LogP contribution in [0.1, 0.15) is 35.6 Å². The van der Waals surface area contributed by atoms with Crippen molar-refractivity contribution in [3.8, 4) is 11.1 Å².